The predicted molar refractivity (Wildman–Crippen MR) is 124 cm³/mol. The maximum absolute atomic E-state index is 4.37. The molecule has 1 saturated carbocycles. The molecule has 148 valence electrons. The number of halogens is 2. The number of hydrogen-bond donors (Lipinski definition) is 2. The first-order valence-corrected chi connectivity index (χ1v) is 10.0. The number of benzene rings is 1. The smallest absolute Gasteiger partial charge is 0.191 e. The Morgan fingerprint density at radius 2 is 2.00 bits per heavy atom. The van der Waals surface area contributed by atoms with E-state index in [1.807, 2.05) is 7.05 Å². The van der Waals surface area contributed by atoms with Crippen LogP contribution in [0.5, 0.6) is 0 Å². The molecule has 1 aliphatic carbocycles. The third-order valence-electron chi connectivity index (χ3n) is 5.24. The molecule has 0 radical (unpaired) electrons. The van der Waals surface area contributed by atoms with Gasteiger partial charge in [0, 0.05) is 43.0 Å². The van der Waals surface area contributed by atoms with E-state index in [2.05, 4.69) is 77.5 Å². The van der Waals surface area contributed by atoms with Crippen LogP contribution in [0.25, 0.3) is 0 Å². The van der Waals surface area contributed by atoms with Crippen LogP contribution >= 0.6 is 39.9 Å². The van der Waals surface area contributed by atoms with E-state index in [0.29, 0.717) is 0 Å². The molecule has 0 amide bonds. The number of aromatic nitrogens is 3. The van der Waals surface area contributed by atoms with E-state index in [4.69, 9.17) is 0 Å². The van der Waals surface area contributed by atoms with Crippen molar-refractivity contribution >= 4 is 45.9 Å². The summed E-state index contributed by atoms with van der Waals surface area (Å²) in [5.41, 5.74) is 1.63. The van der Waals surface area contributed by atoms with Gasteiger partial charge in [-0.25, -0.2) is 0 Å². The first-order chi connectivity index (χ1) is 12.7. The highest BCUT2D eigenvalue weighted by atomic mass is 127. The van der Waals surface area contributed by atoms with Gasteiger partial charge in [-0.15, -0.1) is 34.2 Å². The first-order valence-electron chi connectivity index (χ1n) is 9.24. The third-order valence-corrected chi connectivity index (χ3v) is 5.77. The summed E-state index contributed by atoms with van der Waals surface area (Å²) in [5, 5.41) is 15.0. The van der Waals surface area contributed by atoms with E-state index in [1.165, 1.54) is 24.8 Å². The Labute approximate surface area is 186 Å². The fraction of sp³-hybridized carbons (Fsp3) is 0.526. The van der Waals surface area contributed by atoms with Crippen LogP contribution in [0.3, 0.4) is 0 Å². The summed E-state index contributed by atoms with van der Waals surface area (Å²) in [4.78, 5) is 4.37. The highest BCUT2D eigenvalue weighted by Gasteiger charge is 2.38. The van der Waals surface area contributed by atoms with E-state index in [-0.39, 0.29) is 29.4 Å². The molecule has 1 aliphatic rings. The van der Waals surface area contributed by atoms with E-state index < -0.39 is 0 Å². The van der Waals surface area contributed by atoms with E-state index in [9.17, 15) is 0 Å². The van der Waals surface area contributed by atoms with Crippen molar-refractivity contribution in [2.24, 2.45) is 4.99 Å². The molecule has 1 aromatic heterocycles. The van der Waals surface area contributed by atoms with Gasteiger partial charge < -0.3 is 15.2 Å². The fourth-order valence-electron chi connectivity index (χ4n) is 3.48. The molecular formula is C19H28BrIN6. The van der Waals surface area contributed by atoms with Crippen LogP contribution < -0.4 is 10.6 Å². The van der Waals surface area contributed by atoms with Crippen LogP contribution in [-0.4, -0.2) is 40.9 Å². The summed E-state index contributed by atoms with van der Waals surface area (Å²) in [7, 11) is 1.82. The number of aliphatic imine (C=N–C) groups is 1. The Hall–Kier alpha value is -1.16. The van der Waals surface area contributed by atoms with Crippen molar-refractivity contribution in [3.63, 3.8) is 0 Å². The quantitative estimate of drug-likeness (QED) is 0.317. The topological polar surface area (TPSA) is 67.1 Å². The molecule has 0 aliphatic heterocycles. The van der Waals surface area contributed by atoms with Gasteiger partial charge in [-0.3, -0.25) is 4.99 Å². The summed E-state index contributed by atoms with van der Waals surface area (Å²) >= 11 is 3.52. The van der Waals surface area contributed by atoms with Gasteiger partial charge in [-0.2, -0.15) is 0 Å². The second-order valence-corrected chi connectivity index (χ2v) is 7.70. The minimum atomic E-state index is 0. The molecule has 0 saturated heterocycles. The van der Waals surface area contributed by atoms with E-state index in [0.717, 1.165) is 42.3 Å². The van der Waals surface area contributed by atoms with E-state index in [1.54, 1.807) is 6.33 Å². The van der Waals surface area contributed by atoms with Crippen molar-refractivity contribution in [2.45, 2.75) is 44.6 Å². The number of nitrogens with zero attached hydrogens (tertiary/aromatic N) is 4. The summed E-state index contributed by atoms with van der Waals surface area (Å²) in [6.07, 6.45) is 6.41. The molecule has 8 heteroatoms. The molecule has 0 spiro atoms. The largest absolute Gasteiger partial charge is 0.356 e. The average Bonchev–Trinajstić information content (AvgIpc) is 3.08. The van der Waals surface area contributed by atoms with Gasteiger partial charge in [-0.05, 0) is 30.5 Å². The van der Waals surface area contributed by atoms with E-state index >= 15 is 0 Å². The SMILES string of the molecule is CCc1nncn1CCNC(=NC)NCC1(c2ccc(Br)cc2)CCC1.I. The lowest BCUT2D eigenvalue weighted by atomic mass is 9.64. The Balaban J connectivity index is 0.00000261. The van der Waals surface area contributed by atoms with Gasteiger partial charge in [0.2, 0.25) is 0 Å². The Bertz CT molecular complexity index is 739. The maximum Gasteiger partial charge on any atom is 0.191 e. The molecule has 1 heterocycles. The molecule has 27 heavy (non-hydrogen) atoms. The molecule has 2 N–H and O–H groups in total. The lowest BCUT2D eigenvalue weighted by Gasteiger charge is -2.43. The summed E-state index contributed by atoms with van der Waals surface area (Å²) in [5.74, 6) is 1.86. The zero-order chi connectivity index (χ0) is 18.4. The number of aryl methyl sites for hydroxylation is 1. The first kappa shape index (κ1) is 22.1. The molecule has 0 atom stereocenters. The standard InChI is InChI=1S/C19H27BrN6.HI/c1-3-17-25-24-14-26(17)12-11-22-18(21-2)23-13-19(9-4-10-19)15-5-7-16(20)8-6-15;/h5-8,14H,3-4,9-13H2,1-2H3,(H2,21,22,23);1H. The van der Waals surface area contributed by atoms with Gasteiger partial charge >= 0.3 is 0 Å². The molecular weight excluding hydrogens is 519 g/mol. The van der Waals surface area contributed by atoms with Crippen molar-refractivity contribution in [3.05, 3.63) is 46.5 Å². The summed E-state index contributed by atoms with van der Waals surface area (Å²) in [6, 6.07) is 8.73. The molecule has 0 unspecified atom stereocenters. The molecule has 6 nitrogen and oxygen atoms in total. The number of rotatable bonds is 7. The van der Waals surface area contributed by atoms with Crippen molar-refractivity contribution < 1.29 is 0 Å². The summed E-state index contributed by atoms with van der Waals surface area (Å²) < 4.78 is 3.21. The molecule has 2 aromatic rings. The van der Waals surface area contributed by atoms with Crippen molar-refractivity contribution in [2.75, 3.05) is 20.1 Å². The lowest BCUT2D eigenvalue weighted by Crippen LogP contribution is -2.49. The Morgan fingerprint density at radius 1 is 1.26 bits per heavy atom. The second-order valence-electron chi connectivity index (χ2n) is 6.79. The van der Waals surface area contributed by atoms with Gasteiger partial charge in [0.15, 0.2) is 5.96 Å². The van der Waals surface area contributed by atoms with Gasteiger partial charge in [0.1, 0.15) is 12.2 Å². The minimum absolute atomic E-state index is 0. The normalized spacial score (nSPS) is 15.6. The maximum atomic E-state index is 4.37. The predicted octanol–water partition coefficient (Wildman–Crippen LogP) is 3.51. The number of nitrogens with one attached hydrogen (secondary N) is 2. The van der Waals surface area contributed by atoms with Crippen LogP contribution in [0.4, 0.5) is 0 Å². The van der Waals surface area contributed by atoms with Crippen LogP contribution in [0.1, 0.15) is 37.6 Å². The van der Waals surface area contributed by atoms with Crippen LogP contribution in [0.2, 0.25) is 0 Å². The molecule has 1 fully saturated rings. The zero-order valence-corrected chi connectivity index (χ0v) is 19.8. The monoisotopic (exact) mass is 546 g/mol. The summed E-state index contributed by atoms with van der Waals surface area (Å²) in [6.45, 7) is 4.61. The van der Waals surface area contributed by atoms with Gasteiger partial charge in [-0.1, -0.05) is 41.4 Å². The second kappa shape index (κ2) is 10.4. The molecule has 1 aromatic carbocycles. The van der Waals surface area contributed by atoms with Gasteiger partial charge in [0.05, 0.1) is 0 Å². The van der Waals surface area contributed by atoms with Crippen molar-refractivity contribution in [1.29, 1.82) is 0 Å². The highest BCUT2D eigenvalue weighted by Crippen LogP contribution is 2.43. The zero-order valence-electron chi connectivity index (χ0n) is 15.9. The van der Waals surface area contributed by atoms with Crippen LogP contribution in [0, 0.1) is 0 Å². The van der Waals surface area contributed by atoms with Gasteiger partial charge in [0.25, 0.3) is 0 Å². The number of hydrogen-bond acceptors (Lipinski definition) is 3. The lowest BCUT2D eigenvalue weighted by molar-refractivity contribution is 0.244. The minimum Gasteiger partial charge on any atom is -0.356 e. The van der Waals surface area contributed by atoms with Crippen molar-refractivity contribution in [3.8, 4) is 0 Å². The van der Waals surface area contributed by atoms with Crippen LogP contribution in [0.15, 0.2) is 40.1 Å². The molecule has 3 rings (SSSR count). The Morgan fingerprint density at radius 3 is 2.59 bits per heavy atom. The van der Waals surface area contributed by atoms with Crippen molar-refractivity contribution in [1.82, 2.24) is 25.4 Å². The molecule has 0 bridgehead atoms. The highest BCUT2D eigenvalue weighted by molar-refractivity contribution is 14.0. The average molecular weight is 547 g/mol. The third kappa shape index (κ3) is 5.43. The fourth-order valence-corrected chi connectivity index (χ4v) is 3.75. The number of guanidine groups is 1. The Kier molecular flexibility index (Phi) is 8.53. The van der Waals surface area contributed by atoms with Crippen LogP contribution in [-0.2, 0) is 18.4 Å².